The van der Waals surface area contributed by atoms with Crippen LogP contribution in [0.2, 0.25) is 5.15 Å². The highest BCUT2D eigenvalue weighted by atomic mass is 79.9. The predicted molar refractivity (Wildman–Crippen MR) is 70.0 cm³/mol. The van der Waals surface area contributed by atoms with Gasteiger partial charge in [0.15, 0.2) is 11.6 Å². The molecule has 0 aliphatic rings. The van der Waals surface area contributed by atoms with Crippen LogP contribution in [-0.2, 0) is 0 Å². The van der Waals surface area contributed by atoms with Gasteiger partial charge in [0.05, 0.1) is 4.92 Å². The van der Waals surface area contributed by atoms with Crippen molar-refractivity contribution in [3.63, 3.8) is 0 Å². The fourth-order valence-corrected chi connectivity index (χ4v) is 1.88. The van der Waals surface area contributed by atoms with E-state index in [0.717, 1.165) is 18.2 Å². The molecule has 104 valence electrons. The molecule has 2 rings (SSSR count). The van der Waals surface area contributed by atoms with Crippen LogP contribution in [0.1, 0.15) is 0 Å². The van der Waals surface area contributed by atoms with Crippen molar-refractivity contribution >= 4 is 33.2 Å². The van der Waals surface area contributed by atoms with Gasteiger partial charge in [-0.05, 0) is 18.2 Å². The lowest BCUT2D eigenvalue weighted by atomic mass is 10.3. The van der Waals surface area contributed by atoms with Crippen LogP contribution in [0.4, 0.5) is 14.5 Å². The summed E-state index contributed by atoms with van der Waals surface area (Å²) < 4.78 is 31.9. The van der Waals surface area contributed by atoms with E-state index < -0.39 is 33.9 Å². The summed E-state index contributed by atoms with van der Waals surface area (Å²) in [6, 6.07) is 4.24. The SMILES string of the molecule is O=[N+]([O-])c1ccc(Cl)nc1Oc1cc(Br)cc(F)c1F. The lowest BCUT2D eigenvalue weighted by molar-refractivity contribution is -0.386. The van der Waals surface area contributed by atoms with Gasteiger partial charge < -0.3 is 4.74 Å². The van der Waals surface area contributed by atoms with E-state index in [1.165, 1.54) is 6.07 Å². The molecule has 0 saturated carbocycles. The van der Waals surface area contributed by atoms with Crippen molar-refractivity contribution in [1.29, 1.82) is 0 Å². The zero-order chi connectivity index (χ0) is 14.9. The second-order valence-electron chi connectivity index (χ2n) is 3.52. The first-order chi connectivity index (χ1) is 9.38. The average Bonchev–Trinajstić information content (AvgIpc) is 2.35. The van der Waals surface area contributed by atoms with Crippen molar-refractivity contribution in [1.82, 2.24) is 4.98 Å². The average molecular weight is 366 g/mol. The molecule has 1 aromatic heterocycles. The molecule has 1 aromatic carbocycles. The second kappa shape index (κ2) is 5.68. The van der Waals surface area contributed by atoms with Crippen molar-refractivity contribution in [3.05, 3.63) is 55.6 Å². The molecule has 0 saturated heterocycles. The second-order valence-corrected chi connectivity index (χ2v) is 4.82. The highest BCUT2D eigenvalue weighted by Gasteiger charge is 2.21. The van der Waals surface area contributed by atoms with E-state index in [4.69, 9.17) is 16.3 Å². The minimum absolute atomic E-state index is 0.0820. The molecule has 0 atom stereocenters. The minimum atomic E-state index is -1.29. The monoisotopic (exact) mass is 364 g/mol. The van der Waals surface area contributed by atoms with E-state index in [1.54, 1.807) is 0 Å². The van der Waals surface area contributed by atoms with Crippen LogP contribution in [0.3, 0.4) is 0 Å². The number of rotatable bonds is 3. The van der Waals surface area contributed by atoms with E-state index in [-0.39, 0.29) is 9.63 Å². The summed E-state index contributed by atoms with van der Waals surface area (Å²) in [5.74, 6) is -3.53. The molecule has 2 aromatic rings. The summed E-state index contributed by atoms with van der Waals surface area (Å²) in [4.78, 5) is 13.6. The van der Waals surface area contributed by atoms with Crippen molar-refractivity contribution in [2.45, 2.75) is 0 Å². The maximum atomic E-state index is 13.5. The molecule has 0 fully saturated rings. The quantitative estimate of drug-likeness (QED) is 0.348. The number of nitro groups is 1. The Bertz CT molecular complexity index is 700. The van der Waals surface area contributed by atoms with Crippen molar-refractivity contribution in [3.8, 4) is 11.6 Å². The highest BCUT2D eigenvalue weighted by molar-refractivity contribution is 9.10. The standard InChI is InChI=1S/C11H4BrClF2N2O3/c12-5-3-6(14)10(15)8(4-5)20-11-7(17(18)19)1-2-9(13)16-11/h1-4H. The first-order valence-corrected chi connectivity index (χ1v) is 6.19. The fraction of sp³-hybridized carbons (Fsp3) is 0. The number of pyridine rings is 1. The maximum absolute atomic E-state index is 13.5. The Kier molecular flexibility index (Phi) is 4.15. The first kappa shape index (κ1) is 14.6. The van der Waals surface area contributed by atoms with Crippen LogP contribution in [0.15, 0.2) is 28.7 Å². The van der Waals surface area contributed by atoms with Gasteiger partial charge in [-0.3, -0.25) is 10.1 Å². The Balaban J connectivity index is 2.50. The van der Waals surface area contributed by atoms with Gasteiger partial charge in [-0.15, -0.1) is 0 Å². The number of hydrogen-bond acceptors (Lipinski definition) is 4. The molecular formula is C11H4BrClF2N2O3. The summed E-state index contributed by atoms with van der Waals surface area (Å²) in [7, 11) is 0. The van der Waals surface area contributed by atoms with Gasteiger partial charge in [0.1, 0.15) is 5.15 Å². The van der Waals surface area contributed by atoms with Crippen LogP contribution in [0.25, 0.3) is 0 Å². The molecule has 5 nitrogen and oxygen atoms in total. The van der Waals surface area contributed by atoms with Gasteiger partial charge in [0.25, 0.3) is 0 Å². The summed E-state index contributed by atoms with van der Waals surface area (Å²) in [5, 5.41) is 10.7. The third kappa shape index (κ3) is 3.02. The highest BCUT2D eigenvalue weighted by Crippen LogP contribution is 2.34. The Morgan fingerprint density at radius 3 is 2.70 bits per heavy atom. The third-order valence-electron chi connectivity index (χ3n) is 2.17. The number of hydrogen-bond donors (Lipinski definition) is 0. The predicted octanol–water partition coefficient (Wildman–Crippen LogP) is 4.48. The zero-order valence-electron chi connectivity index (χ0n) is 9.44. The smallest absolute Gasteiger partial charge is 0.331 e. The molecule has 0 spiro atoms. The van der Waals surface area contributed by atoms with E-state index >= 15 is 0 Å². The summed E-state index contributed by atoms with van der Waals surface area (Å²) in [5.41, 5.74) is -0.519. The molecule has 0 amide bonds. The summed E-state index contributed by atoms with van der Waals surface area (Å²) in [6.45, 7) is 0. The van der Waals surface area contributed by atoms with Gasteiger partial charge in [-0.2, -0.15) is 9.37 Å². The van der Waals surface area contributed by atoms with E-state index in [0.29, 0.717) is 0 Å². The fourth-order valence-electron chi connectivity index (χ4n) is 1.34. The van der Waals surface area contributed by atoms with Crippen LogP contribution in [-0.4, -0.2) is 9.91 Å². The molecule has 9 heteroatoms. The van der Waals surface area contributed by atoms with Crippen LogP contribution < -0.4 is 4.74 Å². The molecule has 0 aliphatic carbocycles. The van der Waals surface area contributed by atoms with Crippen LogP contribution >= 0.6 is 27.5 Å². The summed E-state index contributed by atoms with van der Waals surface area (Å²) >= 11 is 8.55. The Labute approximate surface area is 124 Å². The summed E-state index contributed by atoms with van der Waals surface area (Å²) in [6.07, 6.45) is 0. The van der Waals surface area contributed by atoms with Gasteiger partial charge in [-0.1, -0.05) is 27.5 Å². The number of aromatic nitrogens is 1. The molecule has 0 aliphatic heterocycles. The van der Waals surface area contributed by atoms with E-state index in [1.807, 2.05) is 0 Å². The topological polar surface area (TPSA) is 65.3 Å². The van der Waals surface area contributed by atoms with Crippen LogP contribution in [0.5, 0.6) is 11.6 Å². The van der Waals surface area contributed by atoms with Crippen molar-refractivity contribution < 1.29 is 18.4 Å². The molecule has 1 heterocycles. The van der Waals surface area contributed by atoms with Crippen molar-refractivity contribution in [2.24, 2.45) is 0 Å². The number of ether oxygens (including phenoxy) is 1. The zero-order valence-corrected chi connectivity index (χ0v) is 11.8. The third-order valence-corrected chi connectivity index (χ3v) is 2.84. The maximum Gasteiger partial charge on any atom is 0.331 e. The van der Waals surface area contributed by atoms with Gasteiger partial charge in [-0.25, -0.2) is 4.39 Å². The molecule has 0 unspecified atom stereocenters. The molecule has 0 N–H and O–H groups in total. The first-order valence-electron chi connectivity index (χ1n) is 5.02. The molecular weight excluding hydrogens is 361 g/mol. The largest absolute Gasteiger partial charge is 0.430 e. The van der Waals surface area contributed by atoms with Gasteiger partial charge >= 0.3 is 11.6 Å². The Hall–Kier alpha value is -1.80. The normalized spacial score (nSPS) is 10.4. The lowest BCUT2D eigenvalue weighted by Crippen LogP contribution is -1.98. The number of benzene rings is 1. The van der Waals surface area contributed by atoms with Crippen molar-refractivity contribution in [2.75, 3.05) is 0 Å². The Morgan fingerprint density at radius 2 is 2.05 bits per heavy atom. The number of halogens is 4. The molecule has 0 radical (unpaired) electrons. The van der Waals surface area contributed by atoms with Crippen LogP contribution in [0, 0.1) is 21.7 Å². The Morgan fingerprint density at radius 1 is 1.35 bits per heavy atom. The van der Waals surface area contributed by atoms with Gasteiger partial charge in [0.2, 0.25) is 5.82 Å². The van der Waals surface area contributed by atoms with Gasteiger partial charge in [0, 0.05) is 10.5 Å². The van der Waals surface area contributed by atoms with E-state index in [2.05, 4.69) is 20.9 Å². The lowest BCUT2D eigenvalue weighted by Gasteiger charge is -2.07. The minimum Gasteiger partial charge on any atom is -0.430 e. The molecule has 0 bridgehead atoms. The number of nitrogens with zero attached hydrogens (tertiary/aromatic N) is 2. The molecule has 20 heavy (non-hydrogen) atoms. The van der Waals surface area contributed by atoms with E-state index in [9.17, 15) is 18.9 Å².